The third kappa shape index (κ3) is 3.53. The summed E-state index contributed by atoms with van der Waals surface area (Å²) in [6, 6.07) is 6.73. The third-order valence-electron chi connectivity index (χ3n) is 2.85. The van der Waals surface area contributed by atoms with Crippen molar-refractivity contribution in [2.24, 2.45) is 5.73 Å². The molecule has 1 unspecified atom stereocenters. The molecule has 0 aliphatic rings. The molecule has 0 spiro atoms. The predicted octanol–water partition coefficient (Wildman–Crippen LogP) is 3.10. The van der Waals surface area contributed by atoms with Crippen LogP contribution in [-0.4, -0.2) is 13.2 Å². The summed E-state index contributed by atoms with van der Waals surface area (Å²) in [6.07, 6.45) is 1.98. The van der Waals surface area contributed by atoms with Gasteiger partial charge in [-0.1, -0.05) is 26.0 Å². The molecule has 2 nitrogen and oxygen atoms in total. The van der Waals surface area contributed by atoms with E-state index in [2.05, 4.69) is 32.0 Å². The van der Waals surface area contributed by atoms with Crippen LogP contribution >= 0.6 is 0 Å². The van der Waals surface area contributed by atoms with E-state index >= 15 is 0 Å². The van der Waals surface area contributed by atoms with E-state index in [-0.39, 0.29) is 6.04 Å². The summed E-state index contributed by atoms with van der Waals surface area (Å²) in [6.45, 7) is 6.42. The molecular formula is C14H23NO. The lowest BCUT2D eigenvalue weighted by Gasteiger charge is -2.13. The monoisotopic (exact) mass is 221 g/mol. The number of rotatable bonds is 5. The van der Waals surface area contributed by atoms with Gasteiger partial charge in [0.05, 0.1) is 7.11 Å². The fourth-order valence-electron chi connectivity index (χ4n) is 1.71. The van der Waals surface area contributed by atoms with E-state index in [0.717, 1.165) is 18.6 Å². The zero-order chi connectivity index (χ0) is 12.1. The Balaban J connectivity index is 2.84. The fourth-order valence-corrected chi connectivity index (χ4v) is 1.71. The number of hydrogen-bond donors (Lipinski definition) is 1. The molecule has 90 valence electrons. The van der Waals surface area contributed by atoms with Crippen LogP contribution in [0.2, 0.25) is 0 Å². The second kappa shape index (κ2) is 5.90. The van der Waals surface area contributed by atoms with E-state index in [4.69, 9.17) is 10.5 Å². The van der Waals surface area contributed by atoms with Crippen LogP contribution in [-0.2, 0) is 6.42 Å². The van der Waals surface area contributed by atoms with Crippen LogP contribution in [0.25, 0.3) is 0 Å². The molecule has 0 aromatic heterocycles. The summed E-state index contributed by atoms with van der Waals surface area (Å²) in [5, 5.41) is 0. The van der Waals surface area contributed by atoms with Gasteiger partial charge in [0.15, 0.2) is 0 Å². The number of ether oxygens (including phenoxy) is 1. The Bertz CT molecular complexity index is 332. The lowest BCUT2D eigenvalue weighted by Crippen LogP contribution is -2.15. The molecule has 0 saturated carbocycles. The van der Waals surface area contributed by atoms with Gasteiger partial charge in [-0.3, -0.25) is 0 Å². The topological polar surface area (TPSA) is 35.2 Å². The molecule has 0 saturated heterocycles. The van der Waals surface area contributed by atoms with Crippen molar-refractivity contribution in [1.29, 1.82) is 0 Å². The van der Waals surface area contributed by atoms with Gasteiger partial charge in [-0.15, -0.1) is 0 Å². The zero-order valence-electron chi connectivity index (χ0n) is 10.8. The molecule has 1 aromatic rings. The van der Waals surface area contributed by atoms with Crippen LogP contribution < -0.4 is 10.5 Å². The minimum absolute atomic E-state index is 0.245. The maximum absolute atomic E-state index is 5.77. The van der Waals surface area contributed by atoms with Crippen LogP contribution in [0.5, 0.6) is 5.75 Å². The van der Waals surface area contributed by atoms with Gasteiger partial charge in [0.1, 0.15) is 5.75 Å². The summed E-state index contributed by atoms with van der Waals surface area (Å²) in [7, 11) is 1.73. The molecule has 2 N–H and O–H groups in total. The second-order valence-corrected chi connectivity index (χ2v) is 4.74. The number of hydrogen-bond acceptors (Lipinski definition) is 2. The highest BCUT2D eigenvalue weighted by Gasteiger charge is 2.07. The van der Waals surface area contributed by atoms with E-state index in [0.29, 0.717) is 5.92 Å². The van der Waals surface area contributed by atoms with Crippen molar-refractivity contribution in [2.75, 3.05) is 7.11 Å². The fraction of sp³-hybridized carbons (Fsp3) is 0.571. The van der Waals surface area contributed by atoms with Crippen molar-refractivity contribution >= 4 is 0 Å². The van der Waals surface area contributed by atoms with Gasteiger partial charge in [-0.2, -0.15) is 0 Å². The van der Waals surface area contributed by atoms with Crippen LogP contribution in [0.3, 0.4) is 0 Å². The quantitative estimate of drug-likeness (QED) is 0.829. The molecule has 16 heavy (non-hydrogen) atoms. The van der Waals surface area contributed by atoms with Gasteiger partial charge in [-0.05, 0) is 42.9 Å². The molecule has 0 aliphatic heterocycles. The van der Waals surface area contributed by atoms with Gasteiger partial charge in [0, 0.05) is 6.04 Å². The molecule has 0 fully saturated rings. The molecule has 0 heterocycles. The standard InChI is InChI=1S/C14H23NO/c1-10(2)13-8-7-12(6-5-11(3)15)14(9-13)16-4/h7-11H,5-6,15H2,1-4H3. The molecule has 0 radical (unpaired) electrons. The number of methoxy groups -OCH3 is 1. The van der Waals surface area contributed by atoms with Crippen molar-refractivity contribution in [3.8, 4) is 5.75 Å². The Kier molecular flexibility index (Phi) is 4.81. The van der Waals surface area contributed by atoms with Crippen molar-refractivity contribution in [3.63, 3.8) is 0 Å². The Morgan fingerprint density at radius 3 is 2.44 bits per heavy atom. The molecule has 2 heteroatoms. The van der Waals surface area contributed by atoms with Crippen LogP contribution in [0, 0.1) is 0 Å². The van der Waals surface area contributed by atoms with Gasteiger partial charge in [0.2, 0.25) is 0 Å². The smallest absolute Gasteiger partial charge is 0.122 e. The maximum Gasteiger partial charge on any atom is 0.122 e. The first kappa shape index (κ1) is 13.0. The molecule has 1 atom stereocenters. The number of aryl methyl sites for hydroxylation is 1. The third-order valence-corrected chi connectivity index (χ3v) is 2.85. The summed E-state index contributed by atoms with van der Waals surface area (Å²) in [5.74, 6) is 1.53. The van der Waals surface area contributed by atoms with Gasteiger partial charge >= 0.3 is 0 Å². The van der Waals surface area contributed by atoms with E-state index < -0.39 is 0 Å². The predicted molar refractivity (Wildman–Crippen MR) is 69.1 cm³/mol. The van der Waals surface area contributed by atoms with Crippen molar-refractivity contribution in [2.45, 2.75) is 45.6 Å². The first-order valence-electron chi connectivity index (χ1n) is 5.97. The average molecular weight is 221 g/mol. The lowest BCUT2D eigenvalue weighted by atomic mass is 9.98. The minimum atomic E-state index is 0.245. The lowest BCUT2D eigenvalue weighted by molar-refractivity contribution is 0.407. The highest BCUT2D eigenvalue weighted by Crippen LogP contribution is 2.25. The van der Waals surface area contributed by atoms with Gasteiger partial charge in [0.25, 0.3) is 0 Å². The Labute approximate surface area is 98.8 Å². The van der Waals surface area contributed by atoms with E-state index in [1.807, 2.05) is 6.92 Å². The summed E-state index contributed by atoms with van der Waals surface area (Å²) < 4.78 is 5.43. The SMILES string of the molecule is COc1cc(C(C)C)ccc1CCC(C)N. The molecule has 0 amide bonds. The van der Waals surface area contributed by atoms with Gasteiger partial charge < -0.3 is 10.5 Å². The maximum atomic E-state index is 5.77. The second-order valence-electron chi connectivity index (χ2n) is 4.74. The highest BCUT2D eigenvalue weighted by atomic mass is 16.5. The van der Waals surface area contributed by atoms with E-state index in [1.165, 1.54) is 11.1 Å². The summed E-state index contributed by atoms with van der Waals surface area (Å²) in [5.41, 5.74) is 8.34. The van der Waals surface area contributed by atoms with Crippen LogP contribution in [0.4, 0.5) is 0 Å². The first-order chi connectivity index (χ1) is 7.54. The van der Waals surface area contributed by atoms with Crippen molar-refractivity contribution < 1.29 is 4.74 Å². The minimum Gasteiger partial charge on any atom is -0.496 e. The average Bonchev–Trinajstić information content (AvgIpc) is 2.25. The van der Waals surface area contributed by atoms with Crippen LogP contribution in [0.15, 0.2) is 18.2 Å². The van der Waals surface area contributed by atoms with Crippen molar-refractivity contribution in [1.82, 2.24) is 0 Å². The Morgan fingerprint density at radius 2 is 1.94 bits per heavy atom. The molecule has 1 rings (SSSR count). The Morgan fingerprint density at radius 1 is 1.25 bits per heavy atom. The zero-order valence-corrected chi connectivity index (χ0v) is 10.8. The Hall–Kier alpha value is -1.02. The van der Waals surface area contributed by atoms with E-state index in [9.17, 15) is 0 Å². The summed E-state index contributed by atoms with van der Waals surface area (Å²) >= 11 is 0. The first-order valence-corrected chi connectivity index (χ1v) is 5.97. The molecular weight excluding hydrogens is 198 g/mol. The van der Waals surface area contributed by atoms with E-state index in [1.54, 1.807) is 7.11 Å². The van der Waals surface area contributed by atoms with Crippen molar-refractivity contribution in [3.05, 3.63) is 29.3 Å². The van der Waals surface area contributed by atoms with Gasteiger partial charge in [-0.25, -0.2) is 0 Å². The number of benzene rings is 1. The molecule has 1 aromatic carbocycles. The molecule has 0 bridgehead atoms. The molecule has 0 aliphatic carbocycles. The highest BCUT2D eigenvalue weighted by molar-refractivity contribution is 5.38. The summed E-state index contributed by atoms with van der Waals surface area (Å²) in [4.78, 5) is 0. The van der Waals surface area contributed by atoms with Crippen LogP contribution in [0.1, 0.15) is 44.2 Å². The number of nitrogens with two attached hydrogens (primary N) is 1. The normalized spacial score (nSPS) is 12.9. The largest absolute Gasteiger partial charge is 0.496 e.